The molecule has 0 atom stereocenters. The van der Waals surface area contributed by atoms with Crippen molar-refractivity contribution in [3.63, 3.8) is 0 Å². The van der Waals surface area contributed by atoms with Gasteiger partial charge in [0.15, 0.2) is 0 Å². The zero-order valence-electron chi connectivity index (χ0n) is 11.0. The molecule has 0 radical (unpaired) electrons. The number of rotatable bonds is 4. The number of methoxy groups -OCH3 is 1. The fraction of sp³-hybridized carbons (Fsp3) is 0.125. The van der Waals surface area contributed by atoms with Gasteiger partial charge in [-0.2, -0.15) is 0 Å². The number of benzene rings is 2. The van der Waals surface area contributed by atoms with E-state index in [4.69, 9.17) is 9.47 Å². The topological polar surface area (TPSA) is 38.7 Å². The van der Waals surface area contributed by atoms with Gasteiger partial charge in [-0.25, -0.2) is 0 Å². The van der Waals surface area contributed by atoms with Gasteiger partial charge in [0.2, 0.25) is 0 Å². The standard InChI is InChI=1S/C16H14O3S/c1-18-12-5-7-13(8-6-12)19-10-14-9-11-3-2-4-15(17)16(11)20-14/h2-9,17H,10H2,1H3. The van der Waals surface area contributed by atoms with Crippen LogP contribution < -0.4 is 9.47 Å². The summed E-state index contributed by atoms with van der Waals surface area (Å²) in [5.74, 6) is 1.93. The average molecular weight is 286 g/mol. The van der Waals surface area contributed by atoms with Crippen LogP contribution in [0, 0.1) is 0 Å². The van der Waals surface area contributed by atoms with Gasteiger partial charge >= 0.3 is 0 Å². The van der Waals surface area contributed by atoms with Gasteiger partial charge < -0.3 is 14.6 Å². The summed E-state index contributed by atoms with van der Waals surface area (Å²) < 4.78 is 11.7. The maximum Gasteiger partial charge on any atom is 0.133 e. The van der Waals surface area contributed by atoms with Gasteiger partial charge in [-0.05, 0) is 41.8 Å². The second-order valence-corrected chi connectivity index (χ2v) is 5.51. The molecule has 0 aliphatic heterocycles. The van der Waals surface area contributed by atoms with Gasteiger partial charge in [0.25, 0.3) is 0 Å². The summed E-state index contributed by atoms with van der Waals surface area (Å²) >= 11 is 1.55. The Morgan fingerprint density at radius 2 is 1.80 bits per heavy atom. The Morgan fingerprint density at radius 1 is 1.05 bits per heavy atom. The average Bonchev–Trinajstić information content (AvgIpc) is 2.90. The molecule has 4 heteroatoms. The molecule has 102 valence electrons. The Hall–Kier alpha value is -2.20. The van der Waals surface area contributed by atoms with Crippen molar-refractivity contribution in [1.82, 2.24) is 0 Å². The summed E-state index contributed by atoms with van der Waals surface area (Å²) in [5.41, 5.74) is 0. The summed E-state index contributed by atoms with van der Waals surface area (Å²) in [6, 6.07) is 15.1. The second kappa shape index (κ2) is 5.43. The van der Waals surface area contributed by atoms with E-state index in [1.807, 2.05) is 42.5 Å². The van der Waals surface area contributed by atoms with Crippen molar-refractivity contribution in [2.45, 2.75) is 6.61 Å². The normalized spacial score (nSPS) is 10.7. The third-order valence-electron chi connectivity index (χ3n) is 3.01. The zero-order valence-corrected chi connectivity index (χ0v) is 11.8. The van der Waals surface area contributed by atoms with E-state index in [-0.39, 0.29) is 0 Å². The largest absolute Gasteiger partial charge is 0.506 e. The highest BCUT2D eigenvalue weighted by atomic mass is 32.1. The third-order valence-corrected chi connectivity index (χ3v) is 4.16. The minimum atomic E-state index is 0.322. The minimum Gasteiger partial charge on any atom is -0.506 e. The van der Waals surface area contributed by atoms with Crippen LogP contribution in [0.25, 0.3) is 10.1 Å². The van der Waals surface area contributed by atoms with Gasteiger partial charge in [0.05, 0.1) is 11.8 Å². The number of aromatic hydroxyl groups is 1. The Balaban J connectivity index is 1.74. The van der Waals surface area contributed by atoms with Crippen molar-refractivity contribution >= 4 is 21.4 Å². The predicted molar refractivity (Wildman–Crippen MR) is 80.8 cm³/mol. The van der Waals surface area contributed by atoms with E-state index in [9.17, 15) is 5.11 Å². The first kappa shape index (κ1) is 12.8. The van der Waals surface area contributed by atoms with Gasteiger partial charge in [-0.15, -0.1) is 11.3 Å². The van der Waals surface area contributed by atoms with Gasteiger partial charge in [-0.3, -0.25) is 0 Å². The Kier molecular flexibility index (Phi) is 3.48. The summed E-state index contributed by atoms with van der Waals surface area (Å²) in [7, 11) is 1.64. The molecule has 3 aromatic rings. The molecule has 3 rings (SSSR count). The Labute approximate surface area is 121 Å². The maximum absolute atomic E-state index is 9.78. The fourth-order valence-electron chi connectivity index (χ4n) is 2.00. The molecule has 0 unspecified atom stereocenters. The summed E-state index contributed by atoms with van der Waals surface area (Å²) in [4.78, 5) is 1.08. The van der Waals surface area contributed by atoms with Crippen molar-refractivity contribution in [3.8, 4) is 17.2 Å². The number of phenolic OH excluding ortho intramolecular Hbond substituents is 1. The Bertz CT molecular complexity index is 716. The first-order chi connectivity index (χ1) is 9.76. The van der Waals surface area contributed by atoms with Crippen molar-refractivity contribution < 1.29 is 14.6 Å². The first-order valence-corrected chi connectivity index (χ1v) is 7.05. The molecule has 0 amide bonds. The molecule has 1 heterocycles. The summed E-state index contributed by atoms with van der Waals surface area (Å²) in [6.45, 7) is 0.491. The van der Waals surface area contributed by atoms with Crippen molar-refractivity contribution in [1.29, 1.82) is 0 Å². The summed E-state index contributed by atoms with van der Waals surface area (Å²) in [5, 5.41) is 10.8. The van der Waals surface area contributed by atoms with Crippen LogP contribution in [0.2, 0.25) is 0 Å². The number of hydrogen-bond acceptors (Lipinski definition) is 4. The maximum atomic E-state index is 9.78. The number of thiophene rings is 1. The lowest BCUT2D eigenvalue weighted by atomic mass is 10.2. The highest BCUT2D eigenvalue weighted by Crippen LogP contribution is 2.33. The van der Waals surface area contributed by atoms with E-state index in [2.05, 4.69) is 0 Å². The summed E-state index contributed by atoms with van der Waals surface area (Å²) in [6.07, 6.45) is 0. The van der Waals surface area contributed by atoms with Crippen LogP contribution in [-0.2, 0) is 6.61 Å². The molecule has 3 nitrogen and oxygen atoms in total. The molecule has 0 spiro atoms. The highest BCUT2D eigenvalue weighted by Gasteiger charge is 2.06. The van der Waals surface area contributed by atoms with Gasteiger partial charge in [-0.1, -0.05) is 12.1 Å². The molecule has 0 fully saturated rings. The fourth-order valence-corrected chi connectivity index (χ4v) is 2.98. The number of phenols is 1. The van der Waals surface area contributed by atoms with Crippen LogP contribution in [0.1, 0.15) is 4.88 Å². The molecule has 20 heavy (non-hydrogen) atoms. The van der Waals surface area contributed by atoms with Crippen molar-refractivity contribution in [3.05, 3.63) is 53.4 Å². The lowest BCUT2D eigenvalue weighted by Gasteiger charge is -2.05. The molecule has 0 aliphatic carbocycles. The number of hydrogen-bond donors (Lipinski definition) is 1. The van der Waals surface area contributed by atoms with Crippen LogP contribution in [0.15, 0.2) is 48.5 Å². The van der Waals surface area contributed by atoms with Crippen LogP contribution in [0.4, 0.5) is 0 Å². The van der Waals surface area contributed by atoms with Crippen molar-refractivity contribution in [2.75, 3.05) is 7.11 Å². The minimum absolute atomic E-state index is 0.322. The van der Waals surface area contributed by atoms with E-state index in [1.54, 1.807) is 24.5 Å². The van der Waals surface area contributed by atoms with Crippen LogP contribution >= 0.6 is 11.3 Å². The molecular formula is C16H14O3S. The zero-order chi connectivity index (χ0) is 13.9. The lowest BCUT2D eigenvalue weighted by molar-refractivity contribution is 0.309. The third kappa shape index (κ3) is 2.56. The van der Waals surface area contributed by atoms with Crippen LogP contribution in [-0.4, -0.2) is 12.2 Å². The molecule has 0 bridgehead atoms. The molecule has 1 N–H and O–H groups in total. The molecule has 2 aromatic carbocycles. The molecule has 1 aromatic heterocycles. The van der Waals surface area contributed by atoms with E-state index in [0.29, 0.717) is 12.4 Å². The smallest absolute Gasteiger partial charge is 0.133 e. The predicted octanol–water partition coefficient (Wildman–Crippen LogP) is 4.19. The van der Waals surface area contributed by atoms with Crippen LogP contribution in [0.3, 0.4) is 0 Å². The monoisotopic (exact) mass is 286 g/mol. The van der Waals surface area contributed by atoms with E-state index in [1.165, 1.54) is 0 Å². The van der Waals surface area contributed by atoms with Crippen molar-refractivity contribution in [2.24, 2.45) is 0 Å². The van der Waals surface area contributed by atoms with E-state index >= 15 is 0 Å². The number of ether oxygens (including phenoxy) is 2. The quantitative estimate of drug-likeness (QED) is 0.781. The Morgan fingerprint density at radius 3 is 2.50 bits per heavy atom. The number of fused-ring (bicyclic) bond motifs is 1. The van der Waals surface area contributed by atoms with E-state index < -0.39 is 0 Å². The first-order valence-electron chi connectivity index (χ1n) is 6.23. The lowest BCUT2D eigenvalue weighted by Crippen LogP contribution is -1.92. The van der Waals surface area contributed by atoms with Gasteiger partial charge in [0.1, 0.15) is 23.9 Å². The molecule has 0 aliphatic rings. The van der Waals surface area contributed by atoms with Gasteiger partial charge in [0, 0.05) is 4.88 Å². The second-order valence-electron chi connectivity index (χ2n) is 4.37. The van der Waals surface area contributed by atoms with E-state index in [0.717, 1.165) is 26.5 Å². The molecule has 0 saturated heterocycles. The molecule has 0 saturated carbocycles. The van der Waals surface area contributed by atoms with Crippen LogP contribution in [0.5, 0.6) is 17.2 Å². The highest BCUT2D eigenvalue weighted by molar-refractivity contribution is 7.19. The SMILES string of the molecule is COc1ccc(OCc2cc3cccc(O)c3s2)cc1. The molecular weight excluding hydrogens is 272 g/mol.